The van der Waals surface area contributed by atoms with E-state index < -0.39 is 0 Å². The summed E-state index contributed by atoms with van der Waals surface area (Å²) in [6.07, 6.45) is 13.8. The maximum Gasteiger partial charge on any atom is 0.313 e. The van der Waals surface area contributed by atoms with Gasteiger partial charge in [0.2, 0.25) is 0 Å². The molecule has 3 atom stereocenters. The van der Waals surface area contributed by atoms with Crippen LogP contribution in [0.25, 0.3) is 0 Å². The van der Waals surface area contributed by atoms with Crippen LogP contribution in [0, 0.1) is 5.92 Å². The minimum atomic E-state index is -0.124. The lowest BCUT2D eigenvalue weighted by Gasteiger charge is -2.34. The first-order valence-corrected chi connectivity index (χ1v) is 9.94. The Kier molecular flexibility index (Phi) is 8.65. The van der Waals surface area contributed by atoms with E-state index in [1.54, 1.807) is 0 Å². The summed E-state index contributed by atoms with van der Waals surface area (Å²) in [5.74, 6) is 0.922. The number of unbranched alkanes of at least 4 members (excludes halogenated alkanes) is 4. The largest absolute Gasteiger partial charge is 0.469 e. The number of ether oxygens (including phenoxy) is 3. The molecule has 0 amide bonds. The normalized spacial score (nSPS) is 27.5. The van der Waals surface area contributed by atoms with Gasteiger partial charge in [-0.25, -0.2) is 0 Å². The Morgan fingerprint density at radius 2 is 2.00 bits per heavy atom. The van der Waals surface area contributed by atoms with Crippen molar-refractivity contribution in [3.05, 3.63) is 11.8 Å². The molecule has 0 spiro atoms. The molecule has 138 valence electrons. The van der Waals surface area contributed by atoms with Crippen LogP contribution < -0.4 is 0 Å². The van der Waals surface area contributed by atoms with Crippen LogP contribution in [0.1, 0.15) is 84.5 Å². The van der Waals surface area contributed by atoms with Crippen molar-refractivity contribution in [1.82, 2.24) is 0 Å². The number of cyclic esters (lactones) is 1. The van der Waals surface area contributed by atoms with E-state index in [4.69, 9.17) is 14.2 Å². The number of allylic oxidation sites excluding steroid dienone is 1. The van der Waals surface area contributed by atoms with Gasteiger partial charge in [0.25, 0.3) is 0 Å². The predicted molar refractivity (Wildman–Crippen MR) is 94.4 cm³/mol. The average molecular weight is 338 g/mol. The van der Waals surface area contributed by atoms with Crippen molar-refractivity contribution >= 4 is 5.97 Å². The molecule has 0 aromatic rings. The summed E-state index contributed by atoms with van der Waals surface area (Å²) in [4.78, 5) is 11.8. The third-order valence-electron chi connectivity index (χ3n) is 4.87. The highest BCUT2D eigenvalue weighted by atomic mass is 16.7. The van der Waals surface area contributed by atoms with Crippen molar-refractivity contribution in [3.63, 3.8) is 0 Å². The first-order valence-electron chi connectivity index (χ1n) is 9.94. The molecule has 0 aliphatic carbocycles. The van der Waals surface area contributed by atoms with Gasteiger partial charge in [0.05, 0.1) is 18.3 Å². The highest BCUT2D eigenvalue weighted by Gasteiger charge is 2.40. The minimum Gasteiger partial charge on any atom is -0.469 e. The maximum absolute atomic E-state index is 11.8. The molecule has 2 rings (SSSR count). The summed E-state index contributed by atoms with van der Waals surface area (Å²) in [7, 11) is 0. The molecule has 4 nitrogen and oxygen atoms in total. The van der Waals surface area contributed by atoms with Crippen molar-refractivity contribution in [2.24, 2.45) is 5.92 Å². The van der Waals surface area contributed by atoms with E-state index in [-0.39, 0.29) is 24.3 Å². The topological polar surface area (TPSA) is 44.8 Å². The van der Waals surface area contributed by atoms with Crippen molar-refractivity contribution in [3.8, 4) is 0 Å². The molecule has 4 heteroatoms. The molecule has 2 aliphatic heterocycles. The van der Waals surface area contributed by atoms with Gasteiger partial charge in [0.1, 0.15) is 6.10 Å². The van der Waals surface area contributed by atoms with Gasteiger partial charge in [-0.1, -0.05) is 46.0 Å². The highest BCUT2D eigenvalue weighted by Crippen LogP contribution is 2.31. The van der Waals surface area contributed by atoms with Gasteiger partial charge in [-0.15, -0.1) is 0 Å². The van der Waals surface area contributed by atoms with Crippen LogP contribution >= 0.6 is 0 Å². The Balaban J connectivity index is 1.87. The SMILES string of the molecule is CCCCCCC1C(=O)OC1C=C(CCCC)O[C@@H]1CCCCO1. The van der Waals surface area contributed by atoms with E-state index in [0.29, 0.717) is 0 Å². The lowest BCUT2D eigenvalue weighted by molar-refractivity contribution is -0.179. The predicted octanol–water partition coefficient (Wildman–Crippen LogP) is 5.12. The van der Waals surface area contributed by atoms with Gasteiger partial charge in [-0.05, 0) is 31.8 Å². The molecule has 2 aliphatic rings. The zero-order chi connectivity index (χ0) is 17.2. The number of carbonyl (C=O) groups is 1. The molecule has 2 unspecified atom stereocenters. The third kappa shape index (κ3) is 6.12. The van der Waals surface area contributed by atoms with Gasteiger partial charge in [-0.3, -0.25) is 4.79 Å². The summed E-state index contributed by atoms with van der Waals surface area (Å²) >= 11 is 0. The zero-order valence-electron chi connectivity index (χ0n) is 15.4. The van der Waals surface area contributed by atoms with Crippen molar-refractivity contribution in [2.75, 3.05) is 6.61 Å². The summed E-state index contributed by atoms with van der Waals surface area (Å²) in [6, 6.07) is 0. The van der Waals surface area contributed by atoms with Gasteiger partial charge >= 0.3 is 5.97 Å². The Morgan fingerprint density at radius 3 is 2.67 bits per heavy atom. The zero-order valence-corrected chi connectivity index (χ0v) is 15.4. The van der Waals surface area contributed by atoms with Crippen LogP contribution in [0.4, 0.5) is 0 Å². The average Bonchev–Trinajstić information content (AvgIpc) is 2.59. The van der Waals surface area contributed by atoms with Gasteiger partial charge in [-0.2, -0.15) is 0 Å². The molecule has 0 aromatic carbocycles. The summed E-state index contributed by atoms with van der Waals surface area (Å²) in [5, 5.41) is 0. The third-order valence-corrected chi connectivity index (χ3v) is 4.87. The fourth-order valence-electron chi connectivity index (χ4n) is 3.28. The monoisotopic (exact) mass is 338 g/mol. The van der Waals surface area contributed by atoms with E-state index in [1.165, 1.54) is 19.3 Å². The molecule has 2 fully saturated rings. The van der Waals surface area contributed by atoms with Crippen LogP contribution in [0.3, 0.4) is 0 Å². The van der Waals surface area contributed by atoms with Crippen LogP contribution in [-0.2, 0) is 19.0 Å². The number of hydrogen-bond acceptors (Lipinski definition) is 4. The Morgan fingerprint density at radius 1 is 1.17 bits per heavy atom. The molecule has 0 bridgehead atoms. The van der Waals surface area contributed by atoms with E-state index in [2.05, 4.69) is 13.8 Å². The molecule has 2 saturated heterocycles. The second-order valence-corrected chi connectivity index (χ2v) is 7.01. The lowest BCUT2D eigenvalue weighted by atomic mass is 9.90. The molecular weight excluding hydrogens is 304 g/mol. The Labute approximate surface area is 146 Å². The number of rotatable bonds is 11. The highest BCUT2D eigenvalue weighted by molar-refractivity contribution is 5.79. The maximum atomic E-state index is 11.8. The van der Waals surface area contributed by atoms with Crippen LogP contribution in [-0.4, -0.2) is 25.0 Å². The van der Waals surface area contributed by atoms with Crippen LogP contribution in [0.15, 0.2) is 11.8 Å². The standard InChI is InChI=1S/C20H34O4/c1-3-5-7-8-12-17-18(24-20(17)21)15-16(11-6-4-2)23-19-13-9-10-14-22-19/h15,17-19H,3-14H2,1-2H3/t17?,18?,19-/m1/s1. The number of esters is 1. The van der Waals surface area contributed by atoms with Crippen LogP contribution in [0.2, 0.25) is 0 Å². The number of hydrogen-bond donors (Lipinski definition) is 0. The molecule has 0 aromatic heterocycles. The fourth-order valence-corrected chi connectivity index (χ4v) is 3.28. The van der Waals surface area contributed by atoms with Crippen molar-refractivity contribution in [2.45, 2.75) is 96.9 Å². The minimum absolute atomic E-state index is 0.0226. The van der Waals surface area contributed by atoms with E-state index in [9.17, 15) is 4.79 Å². The van der Waals surface area contributed by atoms with Gasteiger partial charge < -0.3 is 14.2 Å². The van der Waals surface area contributed by atoms with E-state index >= 15 is 0 Å². The summed E-state index contributed by atoms with van der Waals surface area (Å²) in [6.45, 7) is 5.16. The molecule has 0 radical (unpaired) electrons. The first kappa shape index (κ1) is 19.3. The summed E-state index contributed by atoms with van der Waals surface area (Å²) < 4.78 is 17.1. The molecule has 0 N–H and O–H groups in total. The fraction of sp³-hybridized carbons (Fsp3) is 0.850. The first-order chi connectivity index (χ1) is 11.7. The second kappa shape index (κ2) is 10.8. The van der Waals surface area contributed by atoms with E-state index in [1.807, 2.05) is 6.08 Å². The van der Waals surface area contributed by atoms with Crippen LogP contribution in [0.5, 0.6) is 0 Å². The van der Waals surface area contributed by atoms with Crippen molar-refractivity contribution in [1.29, 1.82) is 0 Å². The lowest BCUT2D eigenvalue weighted by Crippen LogP contribution is -2.44. The Hall–Kier alpha value is -1.03. The van der Waals surface area contributed by atoms with Crippen molar-refractivity contribution < 1.29 is 19.0 Å². The van der Waals surface area contributed by atoms with Gasteiger partial charge in [0, 0.05) is 12.8 Å². The van der Waals surface area contributed by atoms with E-state index in [0.717, 1.165) is 63.7 Å². The smallest absolute Gasteiger partial charge is 0.313 e. The summed E-state index contributed by atoms with van der Waals surface area (Å²) in [5.41, 5.74) is 0. The number of carbonyl (C=O) groups excluding carboxylic acids is 1. The molecular formula is C20H34O4. The quantitative estimate of drug-likeness (QED) is 0.298. The molecule has 0 saturated carbocycles. The second-order valence-electron chi connectivity index (χ2n) is 7.01. The molecule has 2 heterocycles. The Bertz CT molecular complexity index is 398. The van der Waals surface area contributed by atoms with Gasteiger partial charge in [0.15, 0.2) is 6.29 Å². The molecule has 24 heavy (non-hydrogen) atoms.